The van der Waals surface area contributed by atoms with Crippen LogP contribution >= 0.6 is 0 Å². The van der Waals surface area contributed by atoms with Crippen LogP contribution in [0.3, 0.4) is 0 Å². The van der Waals surface area contributed by atoms with E-state index in [-0.39, 0.29) is 0 Å². The summed E-state index contributed by atoms with van der Waals surface area (Å²) in [7, 11) is 0. The van der Waals surface area contributed by atoms with E-state index in [1.165, 1.54) is 25.7 Å². The summed E-state index contributed by atoms with van der Waals surface area (Å²) in [6, 6.07) is 0. The molecule has 2 aliphatic carbocycles. The second kappa shape index (κ2) is 4.24. The smallest absolute Gasteiger partial charge is 0.0269 e. The third kappa shape index (κ3) is 1.85. The highest BCUT2D eigenvalue weighted by Crippen LogP contribution is 2.58. The number of rotatable bonds is 5. The van der Waals surface area contributed by atoms with Gasteiger partial charge in [0.2, 0.25) is 0 Å². The van der Waals surface area contributed by atoms with Crippen LogP contribution in [0.25, 0.3) is 0 Å². The van der Waals surface area contributed by atoms with Crippen molar-refractivity contribution in [2.75, 3.05) is 0 Å². The molecule has 14 heavy (non-hydrogen) atoms. The van der Waals surface area contributed by atoms with Crippen molar-refractivity contribution in [3.63, 3.8) is 0 Å². The quantitative estimate of drug-likeness (QED) is 0.552. The van der Waals surface area contributed by atoms with Crippen LogP contribution < -0.4 is 0 Å². The van der Waals surface area contributed by atoms with Crippen LogP contribution in [0, 0.1) is 17.3 Å². The van der Waals surface area contributed by atoms with Crippen molar-refractivity contribution in [3.8, 4) is 0 Å². The van der Waals surface area contributed by atoms with Gasteiger partial charge in [0, 0.05) is 0 Å². The lowest BCUT2D eigenvalue weighted by Gasteiger charge is -2.33. The fraction of sp³-hybridized carbons (Fsp3) is 1.00. The first-order valence-electron chi connectivity index (χ1n) is 6.77. The molecule has 0 amide bonds. The van der Waals surface area contributed by atoms with E-state index in [0.29, 0.717) is 0 Å². The van der Waals surface area contributed by atoms with Gasteiger partial charge in [-0.05, 0) is 49.4 Å². The lowest BCUT2D eigenvalue weighted by atomic mass is 9.72. The summed E-state index contributed by atoms with van der Waals surface area (Å²) in [6.45, 7) is 4.84. The van der Waals surface area contributed by atoms with Gasteiger partial charge in [0.1, 0.15) is 0 Å². The second-order valence-electron chi connectivity index (χ2n) is 5.91. The van der Waals surface area contributed by atoms with Crippen LogP contribution in [0.5, 0.6) is 0 Å². The van der Waals surface area contributed by atoms with E-state index < -0.39 is 0 Å². The zero-order valence-corrected chi connectivity index (χ0v) is 10.0. The van der Waals surface area contributed by atoms with Gasteiger partial charge in [-0.2, -0.15) is 0 Å². The van der Waals surface area contributed by atoms with Crippen LogP contribution in [0.2, 0.25) is 0 Å². The van der Waals surface area contributed by atoms with Gasteiger partial charge < -0.3 is 0 Å². The Morgan fingerprint density at radius 2 is 1.93 bits per heavy atom. The third-order valence-electron chi connectivity index (χ3n) is 5.08. The van der Waals surface area contributed by atoms with E-state index in [9.17, 15) is 0 Å². The predicted octanol–water partition coefficient (Wildman–Crippen LogP) is 4.78. The zero-order valence-electron chi connectivity index (χ0n) is 10.0. The monoisotopic (exact) mass is 194 g/mol. The first-order chi connectivity index (χ1) is 6.77. The van der Waals surface area contributed by atoms with Gasteiger partial charge in [-0.1, -0.05) is 39.5 Å². The molecule has 0 spiro atoms. The third-order valence-corrected chi connectivity index (χ3v) is 5.08. The maximum Gasteiger partial charge on any atom is -0.0269 e. The van der Waals surface area contributed by atoms with E-state index in [0.717, 1.165) is 17.3 Å². The van der Waals surface area contributed by atoms with Gasteiger partial charge in [-0.25, -0.2) is 0 Å². The van der Waals surface area contributed by atoms with E-state index >= 15 is 0 Å². The van der Waals surface area contributed by atoms with Gasteiger partial charge >= 0.3 is 0 Å². The van der Waals surface area contributed by atoms with Crippen molar-refractivity contribution in [1.82, 2.24) is 0 Å². The molecule has 0 aromatic rings. The Kier molecular flexibility index (Phi) is 3.19. The number of hydrogen-bond acceptors (Lipinski definition) is 0. The Bertz CT molecular complexity index is 174. The van der Waals surface area contributed by atoms with Crippen molar-refractivity contribution in [2.24, 2.45) is 17.3 Å². The molecule has 1 atom stereocenters. The van der Waals surface area contributed by atoms with E-state index in [1.807, 2.05) is 0 Å². The van der Waals surface area contributed by atoms with Gasteiger partial charge in [0.05, 0.1) is 0 Å². The molecule has 0 heterocycles. The molecular formula is C14H26. The van der Waals surface area contributed by atoms with E-state index in [2.05, 4.69) is 13.8 Å². The molecule has 2 bridgehead atoms. The molecule has 0 nitrogen and oxygen atoms in total. The maximum absolute atomic E-state index is 2.53. The number of unbranched alkanes of at least 4 members (excludes halogenated alkanes) is 2. The molecule has 82 valence electrons. The first kappa shape index (κ1) is 10.5. The highest BCUT2D eigenvalue weighted by Gasteiger charge is 2.47. The fourth-order valence-electron chi connectivity index (χ4n) is 3.94. The first-order valence-corrected chi connectivity index (χ1v) is 6.77. The molecule has 2 saturated carbocycles. The van der Waals surface area contributed by atoms with Crippen molar-refractivity contribution >= 4 is 0 Å². The van der Waals surface area contributed by atoms with Crippen molar-refractivity contribution in [3.05, 3.63) is 0 Å². The molecule has 2 rings (SSSR count). The SMILES string of the molecule is CCCCCC(C)C12CCC(CC1)C2. The van der Waals surface area contributed by atoms with Crippen molar-refractivity contribution in [1.29, 1.82) is 0 Å². The molecule has 1 unspecified atom stereocenters. The highest BCUT2D eigenvalue weighted by molar-refractivity contribution is 4.98. The molecule has 0 radical (unpaired) electrons. The van der Waals surface area contributed by atoms with Crippen LogP contribution in [0.1, 0.15) is 71.6 Å². The van der Waals surface area contributed by atoms with Crippen molar-refractivity contribution in [2.45, 2.75) is 71.6 Å². The summed E-state index contributed by atoms with van der Waals surface area (Å²) in [5.74, 6) is 2.14. The zero-order chi connectivity index (χ0) is 10.0. The molecule has 0 saturated heterocycles. The largest absolute Gasteiger partial charge is 0.0654 e. The van der Waals surface area contributed by atoms with Gasteiger partial charge in [0.15, 0.2) is 0 Å². The Morgan fingerprint density at radius 3 is 2.43 bits per heavy atom. The lowest BCUT2D eigenvalue weighted by Crippen LogP contribution is -2.23. The average molecular weight is 194 g/mol. The fourth-order valence-corrected chi connectivity index (χ4v) is 3.94. The molecular weight excluding hydrogens is 168 g/mol. The van der Waals surface area contributed by atoms with Crippen LogP contribution in [0.4, 0.5) is 0 Å². The Hall–Kier alpha value is 0. The standard InChI is InChI=1S/C14H26/c1-3-4-5-6-12(2)14-9-7-13(11-14)8-10-14/h12-13H,3-11H2,1-2H3. The summed E-state index contributed by atoms with van der Waals surface area (Å²) in [4.78, 5) is 0. The molecule has 0 aromatic heterocycles. The summed E-state index contributed by atoms with van der Waals surface area (Å²) >= 11 is 0. The molecule has 0 heteroatoms. The molecule has 2 fully saturated rings. The average Bonchev–Trinajstić information content (AvgIpc) is 2.78. The lowest BCUT2D eigenvalue weighted by molar-refractivity contribution is 0.170. The second-order valence-corrected chi connectivity index (χ2v) is 5.91. The summed E-state index contributed by atoms with van der Waals surface area (Å²) in [5.41, 5.74) is 0.818. The van der Waals surface area contributed by atoms with Crippen LogP contribution in [0.15, 0.2) is 0 Å². The Morgan fingerprint density at radius 1 is 1.21 bits per heavy atom. The molecule has 0 aliphatic heterocycles. The van der Waals surface area contributed by atoms with Gasteiger partial charge in [-0.3, -0.25) is 0 Å². The Balaban J connectivity index is 1.81. The van der Waals surface area contributed by atoms with Gasteiger partial charge in [-0.15, -0.1) is 0 Å². The van der Waals surface area contributed by atoms with Crippen LogP contribution in [-0.4, -0.2) is 0 Å². The minimum Gasteiger partial charge on any atom is -0.0654 e. The summed E-state index contributed by atoms with van der Waals surface area (Å²) in [6.07, 6.45) is 13.6. The summed E-state index contributed by atoms with van der Waals surface area (Å²) in [5, 5.41) is 0. The van der Waals surface area contributed by atoms with Crippen LogP contribution in [-0.2, 0) is 0 Å². The normalized spacial score (nSPS) is 37.7. The molecule has 0 aromatic carbocycles. The topological polar surface area (TPSA) is 0 Å². The Labute approximate surface area is 89.5 Å². The number of hydrogen-bond donors (Lipinski definition) is 0. The maximum atomic E-state index is 2.53. The van der Waals surface area contributed by atoms with E-state index in [1.54, 1.807) is 32.1 Å². The van der Waals surface area contributed by atoms with Gasteiger partial charge in [0.25, 0.3) is 0 Å². The molecule has 2 aliphatic rings. The van der Waals surface area contributed by atoms with E-state index in [4.69, 9.17) is 0 Å². The van der Waals surface area contributed by atoms with Crippen molar-refractivity contribution < 1.29 is 0 Å². The molecule has 0 N–H and O–H groups in total. The predicted molar refractivity (Wildman–Crippen MR) is 62.3 cm³/mol. The number of fused-ring (bicyclic) bond motifs is 2. The highest BCUT2D eigenvalue weighted by atomic mass is 14.5. The summed E-state index contributed by atoms with van der Waals surface area (Å²) < 4.78 is 0. The minimum atomic E-state index is 0.818. The minimum absolute atomic E-state index is 0.818.